The molecular formula is C21H15BrN4O. The van der Waals surface area contributed by atoms with Gasteiger partial charge in [0.1, 0.15) is 5.75 Å². The van der Waals surface area contributed by atoms with Crippen LogP contribution in [0.4, 0.5) is 5.82 Å². The lowest BCUT2D eigenvalue weighted by atomic mass is 10.2. The molecule has 0 aliphatic rings. The zero-order chi connectivity index (χ0) is 18.6. The highest BCUT2D eigenvalue weighted by molar-refractivity contribution is 9.10. The third kappa shape index (κ3) is 3.96. The first-order chi connectivity index (χ1) is 13.2. The largest absolute Gasteiger partial charge is 0.508 e. The predicted octanol–water partition coefficient (Wildman–Crippen LogP) is 5.21. The number of halogens is 1. The summed E-state index contributed by atoms with van der Waals surface area (Å²) in [5.74, 6) is 1.48. The molecule has 0 radical (unpaired) electrons. The lowest BCUT2D eigenvalue weighted by Gasteiger charge is -2.08. The third-order valence-electron chi connectivity index (χ3n) is 3.98. The van der Waals surface area contributed by atoms with Crippen LogP contribution in [-0.4, -0.2) is 21.3 Å². The molecule has 0 spiro atoms. The maximum Gasteiger partial charge on any atom is 0.162 e. The average molecular weight is 419 g/mol. The number of para-hydroxylation sites is 1. The van der Waals surface area contributed by atoms with E-state index >= 15 is 0 Å². The number of nitrogens with zero attached hydrogens (tertiary/aromatic N) is 3. The maximum atomic E-state index is 9.35. The monoisotopic (exact) mass is 418 g/mol. The molecule has 0 amide bonds. The first kappa shape index (κ1) is 17.2. The van der Waals surface area contributed by atoms with Crippen molar-refractivity contribution in [3.63, 3.8) is 0 Å². The highest BCUT2D eigenvalue weighted by Crippen LogP contribution is 2.25. The molecule has 2 N–H and O–H groups in total. The standard InChI is InChI=1S/C21H15BrN4O/c22-16-9-7-15(8-10-16)20-24-19-4-2-1-3-18(19)21(25-20)26-23-13-14-5-11-17(27)12-6-14/h1-13,27H,(H,24,25,26)/b23-13-. The molecule has 0 unspecified atom stereocenters. The Labute approximate surface area is 164 Å². The van der Waals surface area contributed by atoms with Gasteiger partial charge in [0.05, 0.1) is 11.7 Å². The molecule has 0 saturated heterocycles. The maximum absolute atomic E-state index is 9.35. The van der Waals surface area contributed by atoms with E-state index in [4.69, 9.17) is 0 Å². The first-order valence-electron chi connectivity index (χ1n) is 8.30. The number of nitrogens with one attached hydrogen (secondary N) is 1. The zero-order valence-corrected chi connectivity index (χ0v) is 15.8. The fraction of sp³-hybridized carbons (Fsp3) is 0. The van der Waals surface area contributed by atoms with Crippen LogP contribution in [0, 0.1) is 0 Å². The van der Waals surface area contributed by atoms with Gasteiger partial charge in [0.25, 0.3) is 0 Å². The molecule has 4 aromatic rings. The summed E-state index contributed by atoms with van der Waals surface area (Å²) in [6, 6.07) is 22.5. The van der Waals surface area contributed by atoms with Crippen molar-refractivity contribution in [2.45, 2.75) is 0 Å². The van der Waals surface area contributed by atoms with Gasteiger partial charge >= 0.3 is 0 Å². The number of aromatic nitrogens is 2. The van der Waals surface area contributed by atoms with E-state index in [1.54, 1.807) is 30.5 Å². The zero-order valence-electron chi connectivity index (χ0n) is 14.2. The fourth-order valence-corrected chi connectivity index (χ4v) is 2.88. The minimum Gasteiger partial charge on any atom is -0.508 e. The summed E-state index contributed by atoms with van der Waals surface area (Å²) in [6.45, 7) is 0. The molecular weight excluding hydrogens is 404 g/mol. The van der Waals surface area contributed by atoms with Gasteiger partial charge in [-0.2, -0.15) is 5.10 Å². The van der Waals surface area contributed by atoms with E-state index in [2.05, 4.69) is 36.4 Å². The van der Waals surface area contributed by atoms with Gasteiger partial charge < -0.3 is 5.11 Å². The van der Waals surface area contributed by atoms with Gasteiger partial charge in [0.15, 0.2) is 11.6 Å². The molecule has 27 heavy (non-hydrogen) atoms. The van der Waals surface area contributed by atoms with Crippen LogP contribution in [0.3, 0.4) is 0 Å². The Bertz CT molecular complexity index is 1110. The van der Waals surface area contributed by atoms with Crippen LogP contribution in [0.2, 0.25) is 0 Å². The number of phenols is 1. The first-order valence-corrected chi connectivity index (χ1v) is 9.09. The number of hydrazone groups is 1. The Kier molecular flexibility index (Phi) is 4.80. The van der Waals surface area contributed by atoms with Gasteiger partial charge in [-0.3, -0.25) is 5.43 Å². The molecule has 3 aromatic carbocycles. The van der Waals surface area contributed by atoms with Crippen molar-refractivity contribution in [3.8, 4) is 17.1 Å². The number of aromatic hydroxyl groups is 1. The van der Waals surface area contributed by atoms with Crippen molar-refractivity contribution in [2.75, 3.05) is 5.43 Å². The molecule has 0 aliphatic heterocycles. The molecule has 1 heterocycles. The second-order valence-electron chi connectivity index (χ2n) is 5.88. The molecule has 1 aromatic heterocycles. The van der Waals surface area contributed by atoms with Crippen LogP contribution in [0.25, 0.3) is 22.3 Å². The summed E-state index contributed by atoms with van der Waals surface area (Å²) in [5, 5.41) is 14.5. The number of phenolic OH excluding ortho intramolecular Hbond substituents is 1. The van der Waals surface area contributed by atoms with E-state index in [0.29, 0.717) is 11.6 Å². The van der Waals surface area contributed by atoms with Gasteiger partial charge in [0.2, 0.25) is 0 Å². The smallest absolute Gasteiger partial charge is 0.162 e. The van der Waals surface area contributed by atoms with Crippen LogP contribution >= 0.6 is 15.9 Å². The molecule has 0 aliphatic carbocycles. The Morgan fingerprint density at radius 2 is 1.63 bits per heavy atom. The van der Waals surface area contributed by atoms with Gasteiger partial charge in [-0.15, -0.1) is 0 Å². The molecule has 0 fully saturated rings. The highest BCUT2D eigenvalue weighted by Gasteiger charge is 2.08. The van der Waals surface area contributed by atoms with Crippen molar-refractivity contribution in [3.05, 3.63) is 82.8 Å². The molecule has 6 heteroatoms. The summed E-state index contributed by atoms with van der Waals surface area (Å²) in [4.78, 5) is 9.32. The normalized spacial score (nSPS) is 11.1. The highest BCUT2D eigenvalue weighted by atomic mass is 79.9. The lowest BCUT2D eigenvalue weighted by Crippen LogP contribution is -1.99. The van der Waals surface area contributed by atoms with Crippen LogP contribution in [0.5, 0.6) is 5.75 Å². The Morgan fingerprint density at radius 3 is 2.41 bits per heavy atom. The topological polar surface area (TPSA) is 70.4 Å². The van der Waals surface area contributed by atoms with E-state index in [0.717, 1.165) is 26.5 Å². The summed E-state index contributed by atoms with van der Waals surface area (Å²) < 4.78 is 1.00. The lowest BCUT2D eigenvalue weighted by molar-refractivity contribution is 0.475. The number of benzene rings is 3. The molecule has 5 nitrogen and oxygen atoms in total. The van der Waals surface area contributed by atoms with Crippen LogP contribution < -0.4 is 5.43 Å². The van der Waals surface area contributed by atoms with E-state index in [-0.39, 0.29) is 5.75 Å². The van der Waals surface area contributed by atoms with Crippen molar-refractivity contribution < 1.29 is 5.11 Å². The van der Waals surface area contributed by atoms with Crippen molar-refractivity contribution in [1.82, 2.24) is 9.97 Å². The summed E-state index contributed by atoms with van der Waals surface area (Å²) in [5.41, 5.74) is 5.65. The molecule has 0 atom stereocenters. The molecule has 4 rings (SSSR count). The Hall–Kier alpha value is -3.25. The SMILES string of the molecule is Oc1ccc(/C=N\Nc2nc(-c3ccc(Br)cc3)nc3ccccc23)cc1. The minimum absolute atomic E-state index is 0.223. The number of rotatable bonds is 4. The molecule has 0 bridgehead atoms. The van der Waals surface area contributed by atoms with Crippen molar-refractivity contribution >= 4 is 38.9 Å². The third-order valence-corrected chi connectivity index (χ3v) is 4.51. The van der Waals surface area contributed by atoms with E-state index in [9.17, 15) is 5.11 Å². The second kappa shape index (κ2) is 7.55. The average Bonchev–Trinajstić information content (AvgIpc) is 2.70. The van der Waals surface area contributed by atoms with Crippen LogP contribution in [-0.2, 0) is 0 Å². The van der Waals surface area contributed by atoms with Crippen LogP contribution in [0.1, 0.15) is 5.56 Å². The quantitative estimate of drug-likeness (QED) is 0.352. The fourth-order valence-electron chi connectivity index (χ4n) is 2.62. The summed E-state index contributed by atoms with van der Waals surface area (Å²) >= 11 is 3.45. The number of hydrogen-bond donors (Lipinski definition) is 2. The number of hydrogen-bond acceptors (Lipinski definition) is 5. The Balaban J connectivity index is 1.70. The second-order valence-corrected chi connectivity index (χ2v) is 6.80. The predicted molar refractivity (Wildman–Crippen MR) is 112 cm³/mol. The van der Waals surface area contributed by atoms with E-state index in [1.807, 2.05) is 48.5 Å². The van der Waals surface area contributed by atoms with Crippen LogP contribution in [0.15, 0.2) is 82.4 Å². The Morgan fingerprint density at radius 1 is 0.889 bits per heavy atom. The summed E-state index contributed by atoms with van der Waals surface area (Å²) in [6.07, 6.45) is 1.68. The van der Waals surface area contributed by atoms with Gasteiger partial charge in [-0.25, -0.2) is 9.97 Å². The van der Waals surface area contributed by atoms with Crippen molar-refractivity contribution in [1.29, 1.82) is 0 Å². The van der Waals surface area contributed by atoms with Gasteiger partial charge in [-0.05, 0) is 54.1 Å². The van der Waals surface area contributed by atoms with Gasteiger partial charge in [-0.1, -0.05) is 40.2 Å². The minimum atomic E-state index is 0.223. The van der Waals surface area contributed by atoms with E-state index in [1.165, 1.54) is 0 Å². The van der Waals surface area contributed by atoms with E-state index < -0.39 is 0 Å². The van der Waals surface area contributed by atoms with Crippen molar-refractivity contribution in [2.24, 2.45) is 5.10 Å². The molecule has 132 valence electrons. The number of anilines is 1. The number of fused-ring (bicyclic) bond motifs is 1. The van der Waals surface area contributed by atoms with Gasteiger partial charge in [0, 0.05) is 15.4 Å². The molecule has 0 saturated carbocycles. The summed E-state index contributed by atoms with van der Waals surface area (Å²) in [7, 11) is 0.